The molecule has 136 valence electrons. The Morgan fingerprint density at radius 1 is 1.48 bits per heavy atom. The molecule has 0 spiro atoms. The molecule has 1 aliphatic heterocycles. The molecule has 1 aliphatic rings. The van der Waals surface area contributed by atoms with Gasteiger partial charge in [0.2, 0.25) is 0 Å². The number of rotatable bonds is 4. The van der Waals surface area contributed by atoms with E-state index in [-0.39, 0.29) is 24.4 Å². The van der Waals surface area contributed by atoms with Gasteiger partial charge in [-0.15, -0.1) is 0 Å². The van der Waals surface area contributed by atoms with E-state index in [1.165, 1.54) is 0 Å². The second kappa shape index (κ2) is 7.65. The van der Waals surface area contributed by atoms with Crippen molar-refractivity contribution in [1.82, 2.24) is 10.6 Å². The molecular weight excluding hydrogens is 327 g/mol. The van der Waals surface area contributed by atoms with Gasteiger partial charge in [0.1, 0.15) is 11.7 Å². The Morgan fingerprint density at radius 2 is 2.20 bits per heavy atom. The lowest BCUT2D eigenvalue weighted by molar-refractivity contribution is 0.0529. The zero-order valence-electron chi connectivity index (χ0n) is 14.6. The number of aliphatic hydroxyl groups is 1. The minimum absolute atomic E-state index is 0.0398. The highest BCUT2D eigenvalue weighted by Crippen LogP contribution is 2.25. The summed E-state index contributed by atoms with van der Waals surface area (Å²) in [4.78, 5) is 23.5. The summed E-state index contributed by atoms with van der Waals surface area (Å²) in [6.45, 7) is 5.50. The maximum atomic E-state index is 13.2. The molecule has 7 heteroatoms. The van der Waals surface area contributed by atoms with E-state index >= 15 is 0 Å². The lowest BCUT2D eigenvalue weighted by Gasteiger charge is -2.22. The lowest BCUT2D eigenvalue weighted by Crippen LogP contribution is -2.34. The molecule has 0 aliphatic carbocycles. The summed E-state index contributed by atoms with van der Waals surface area (Å²) in [5, 5.41) is 15.5. The molecule has 0 bridgehead atoms. The van der Waals surface area contributed by atoms with Crippen LogP contribution in [0, 0.1) is 0 Å². The molecule has 1 atom stereocenters. The van der Waals surface area contributed by atoms with E-state index in [0.29, 0.717) is 24.1 Å². The number of nitrogens with one attached hydrogen (secondary N) is 2. The van der Waals surface area contributed by atoms with Gasteiger partial charge in [0.05, 0.1) is 6.33 Å². The number of amides is 2. The first-order chi connectivity index (χ1) is 11.7. The molecule has 0 radical (unpaired) electrons. The van der Waals surface area contributed by atoms with Crippen molar-refractivity contribution in [3.8, 4) is 0 Å². The first kappa shape index (κ1) is 18.9. The van der Waals surface area contributed by atoms with Crippen molar-refractivity contribution in [2.45, 2.75) is 38.9 Å². The number of benzene rings is 1. The molecule has 0 saturated carbocycles. The van der Waals surface area contributed by atoms with Crippen LogP contribution in [0.4, 0.5) is 9.18 Å². The Kier molecular flexibility index (Phi) is 5.79. The molecule has 2 rings (SSSR count). The summed E-state index contributed by atoms with van der Waals surface area (Å²) in [5.74, 6) is -0.215. The molecule has 1 heterocycles. The minimum atomic E-state index is -1.28. The third-order valence-electron chi connectivity index (χ3n) is 3.70. The van der Waals surface area contributed by atoms with Gasteiger partial charge >= 0.3 is 6.09 Å². The number of alkyl carbamates (subject to hydrolysis) is 1. The number of hydrogen-bond donors (Lipinski definition) is 3. The summed E-state index contributed by atoms with van der Waals surface area (Å²) in [7, 11) is 0. The average Bonchev–Trinajstić information content (AvgIpc) is 2.53. The summed E-state index contributed by atoms with van der Waals surface area (Å²) >= 11 is 0. The number of halogens is 1. The molecular formula is C18H23FN2O4. The van der Waals surface area contributed by atoms with Crippen molar-refractivity contribution >= 4 is 12.0 Å². The SMILES string of the molecule is CC(C)(C)OC(=O)NC/C(=C\F)C(O)c1ccc2c(c1)C(=O)NCC2. The summed E-state index contributed by atoms with van der Waals surface area (Å²) in [6, 6.07) is 4.95. The van der Waals surface area contributed by atoms with Crippen LogP contribution < -0.4 is 10.6 Å². The summed E-state index contributed by atoms with van der Waals surface area (Å²) < 4.78 is 18.3. The van der Waals surface area contributed by atoms with Gasteiger partial charge in [-0.2, -0.15) is 0 Å². The molecule has 0 aromatic heterocycles. The van der Waals surface area contributed by atoms with E-state index in [1.807, 2.05) is 0 Å². The maximum absolute atomic E-state index is 13.2. The summed E-state index contributed by atoms with van der Waals surface area (Å²) in [5.41, 5.74) is 1.03. The van der Waals surface area contributed by atoms with Crippen molar-refractivity contribution in [1.29, 1.82) is 0 Å². The van der Waals surface area contributed by atoms with Crippen LogP contribution in [0.1, 0.15) is 48.4 Å². The standard InChI is InChI=1S/C18H23FN2O4/c1-18(2,3)25-17(24)21-10-13(9-19)15(22)12-5-4-11-6-7-20-16(23)14(11)8-12/h4-5,8-9,15,22H,6-7,10H2,1-3H3,(H,20,23)(H,21,24)/b13-9+. The minimum Gasteiger partial charge on any atom is -0.444 e. The topological polar surface area (TPSA) is 87.7 Å². The number of fused-ring (bicyclic) bond motifs is 1. The van der Waals surface area contributed by atoms with Crippen LogP contribution in [0.3, 0.4) is 0 Å². The second-order valence-electron chi connectivity index (χ2n) is 6.86. The van der Waals surface area contributed by atoms with Gasteiger partial charge in [-0.3, -0.25) is 4.79 Å². The quantitative estimate of drug-likeness (QED) is 0.778. The average molecular weight is 350 g/mol. The molecule has 0 fully saturated rings. The molecule has 1 unspecified atom stereocenters. The number of carbonyl (C=O) groups excluding carboxylic acids is 2. The molecule has 25 heavy (non-hydrogen) atoms. The van der Waals surface area contributed by atoms with Gasteiger partial charge in [-0.1, -0.05) is 12.1 Å². The van der Waals surface area contributed by atoms with Crippen molar-refractivity contribution in [2.75, 3.05) is 13.1 Å². The van der Waals surface area contributed by atoms with Crippen molar-refractivity contribution < 1.29 is 23.8 Å². The zero-order valence-corrected chi connectivity index (χ0v) is 14.6. The maximum Gasteiger partial charge on any atom is 0.407 e. The lowest BCUT2D eigenvalue weighted by atomic mass is 9.94. The van der Waals surface area contributed by atoms with Crippen LogP contribution in [0.5, 0.6) is 0 Å². The smallest absolute Gasteiger partial charge is 0.407 e. The zero-order chi connectivity index (χ0) is 18.6. The van der Waals surface area contributed by atoms with E-state index in [0.717, 1.165) is 5.56 Å². The Bertz CT molecular complexity index is 695. The van der Waals surface area contributed by atoms with E-state index in [2.05, 4.69) is 10.6 Å². The first-order valence-electron chi connectivity index (χ1n) is 8.06. The van der Waals surface area contributed by atoms with Crippen LogP contribution in [0.2, 0.25) is 0 Å². The van der Waals surface area contributed by atoms with Crippen LogP contribution >= 0.6 is 0 Å². The number of ether oxygens (including phenoxy) is 1. The molecule has 3 N–H and O–H groups in total. The van der Waals surface area contributed by atoms with Crippen LogP contribution in [-0.4, -0.2) is 35.8 Å². The van der Waals surface area contributed by atoms with Crippen LogP contribution in [0.25, 0.3) is 0 Å². The molecule has 6 nitrogen and oxygen atoms in total. The third-order valence-corrected chi connectivity index (χ3v) is 3.70. The van der Waals surface area contributed by atoms with E-state index < -0.39 is 17.8 Å². The van der Waals surface area contributed by atoms with Gasteiger partial charge in [0, 0.05) is 24.2 Å². The highest BCUT2D eigenvalue weighted by Gasteiger charge is 2.22. The predicted octanol–water partition coefficient (Wildman–Crippen LogP) is 2.38. The highest BCUT2D eigenvalue weighted by molar-refractivity contribution is 5.96. The Hall–Kier alpha value is -2.41. The van der Waals surface area contributed by atoms with E-state index in [4.69, 9.17) is 4.74 Å². The van der Waals surface area contributed by atoms with Gasteiger partial charge in [-0.05, 0) is 44.4 Å². The fraction of sp³-hybridized carbons (Fsp3) is 0.444. The molecule has 2 amide bonds. The van der Waals surface area contributed by atoms with Crippen molar-refractivity contribution in [3.63, 3.8) is 0 Å². The predicted molar refractivity (Wildman–Crippen MR) is 90.9 cm³/mol. The largest absolute Gasteiger partial charge is 0.444 e. The van der Waals surface area contributed by atoms with Gasteiger partial charge in [-0.25, -0.2) is 9.18 Å². The van der Waals surface area contributed by atoms with Gasteiger partial charge in [0.25, 0.3) is 5.91 Å². The fourth-order valence-electron chi connectivity index (χ4n) is 2.50. The fourth-order valence-corrected chi connectivity index (χ4v) is 2.50. The molecule has 0 saturated heterocycles. The van der Waals surface area contributed by atoms with Gasteiger partial charge < -0.3 is 20.5 Å². The Labute approximate surface area is 146 Å². The monoisotopic (exact) mass is 350 g/mol. The first-order valence-corrected chi connectivity index (χ1v) is 8.06. The normalized spacial score (nSPS) is 15.9. The van der Waals surface area contributed by atoms with Crippen molar-refractivity contribution in [2.24, 2.45) is 0 Å². The second-order valence-corrected chi connectivity index (χ2v) is 6.86. The number of hydrogen-bond acceptors (Lipinski definition) is 4. The Balaban J connectivity index is 2.07. The van der Waals surface area contributed by atoms with Gasteiger partial charge in [0.15, 0.2) is 0 Å². The number of carbonyl (C=O) groups is 2. The van der Waals surface area contributed by atoms with E-state index in [1.54, 1.807) is 39.0 Å². The third kappa shape index (κ3) is 5.03. The summed E-state index contributed by atoms with van der Waals surface area (Å²) in [6.07, 6.45) is -1.02. The Morgan fingerprint density at radius 3 is 2.84 bits per heavy atom. The molecule has 1 aromatic rings. The van der Waals surface area contributed by atoms with E-state index in [9.17, 15) is 19.1 Å². The highest BCUT2D eigenvalue weighted by atomic mass is 19.1. The van der Waals surface area contributed by atoms with Crippen LogP contribution in [-0.2, 0) is 11.2 Å². The van der Waals surface area contributed by atoms with Crippen LogP contribution in [0.15, 0.2) is 30.1 Å². The molecule has 1 aromatic carbocycles. The van der Waals surface area contributed by atoms with Crippen molar-refractivity contribution in [3.05, 3.63) is 46.8 Å². The number of aliphatic hydroxyl groups excluding tert-OH is 1.